The molecule has 6 heteroatoms. The molecule has 2 aromatic heterocycles. The Kier molecular flexibility index (Phi) is 5.52. The molecule has 2 N–H and O–H groups in total. The van der Waals surface area contributed by atoms with Crippen LogP contribution in [0.15, 0.2) is 36.7 Å². The quantitative estimate of drug-likeness (QED) is 0.881. The van der Waals surface area contributed by atoms with E-state index in [1.165, 1.54) is 0 Å². The minimum atomic E-state index is -0.693. The molecule has 6 nitrogen and oxygen atoms in total. The van der Waals surface area contributed by atoms with Crippen molar-refractivity contribution >= 4 is 11.6 Å². The number of aliphatic hydroxyl groups excluding tert-OH is 1. The van der Waals surface area contributed by atoms with Crippen LogP contribution in [0.3, 0.4) is 0 Å². The van der Waals surface area contributed by atoms with Gasteiger partial charge in [0.25, 0.3) is 0 Å². The van der Waals surface area contributed by atoms with E-state index in [0.717, 1.165) is 24.1 Å². The van der Waals surface area contributed by atoms with Crippen LogP contribution in [0.1, 0.15) is 36.9 Å². The van der Waals surface area contributed by atoms with Gasteiger partial charge in [0, 0.05) is 18.0 Å². The van der Waals surface area contributed by atoms with Crippen molar-refractivity contribution in [2.75, 3.05) is 12.4 Å². The van der Waals surface area contributed by atoms with Gasteiger partial charge in [-0.05, 0) is 49.3 Å². The molecule has 1 aliphatic rings. The third kappa shape index (κ3) is 3.85. The molecule has 1 amide bonds. The minimum absolute atomic E-state index is 0.0551. The molecule has 0 radical (unpaired) electrons. The first-order chi connectivity index (χ1) is 12.5. The first-order valence-corrected chi connectivity index (χ1v) is 8.91. The zero-order valence-electron chi connectivity index (χ0n) is 15.3. The van der Waals surface area contributed by atoms with Crippen molar-refractivity contribution in [2.45, 2.75) is 38.7 Å². The molecule has 1 saturated carbocycles. The van der Waals surface area contributed by atoms with Crippen LogP contribution in [0.25, 0.3) is 0 Å². The van der Waals surface area contributed by atoms with Crippen LogP contribution < -0.4 is 10.1 Å². The van der Waals surface area contributed by atoms with Crippen molar-refractivity contribution < 1.29 is 14.6 Å². The van der Waals surface area contributed by atoms with Gasteiger partial charge in [-0.2, -0.15) is 0 Å². The second kappa shape index (κ2) is 7.83. The Balaban J connectivity index is 1.83. The molecule has 2 heterocycles. The predicted molar refractivity (Wildman–Crippen MR) is 99.0 cm³/mol. The summed E-state index contributed by atoms with van der Waals surface area (Å²) in [6.45, 7) is 3.92. The van der Waals surface area contributed by atoms with Gasteiger partial charge >= 0.3 is 0 Å². The van der Waals surface area contributed by atoms with Gasteiger partial charge in [-0.3, -0.25) is 9.78 Å². The monoisotopic (exact) mass is 355 g/mol. The summed E-state index contributed by atoms with van der Waals surface area (Å²) in [6.07, 6.45) is 4.41. The third-order valence-electron chi connectivity index (χ3n) is 5.20. The SMILES string of the molecule is COc1ccc(NC(=O)C2C(c3ccc(C)nc3)CCC(C)C2O)cn1. The number of aliphatic hydroxyl groups is 1. The predicted octanol–water partition coefficient (Wildman–Crippen LogP) is 2.92. The summed E-state index contributed by atoms with van der Waals surface area (Å²) in [5.74, 6) is -0.209. The maximum absolute atomic E-state index is 13.0. The Labute approximate surface area is 153 Å². The second-order valence-electron chi connectivity index (χ2n) is 6.99. The topological polar surface area (TPSA) is 84.3 Å². The number of anilines is 1. The Morgan fingerprint density at radius 1 is 1.19 bits per heavy atom. The van der Waals surface area contributed by atoms with Crippen LogP contribution >= 0.6 is 0 Å². The van der Waals surface area contributed by atoms with Gasteiger partial charge in [-0.25, -0.2) is 4.98 Å². The molecule has 26 heavy (non-hydrogen) atoms. The van der Waals surface area contributed by atoms with Crippen molar-refractivity contribution in [1.29, 1.82) is 0 Å². The molecule has 0 aromatic carbocycles. The number of carbonyl (C=O) groups excluding carboxylic acids is 1. The molecular formula is C20H25N3O3. The normalized spacial score (nSPS) is 25.5. The molecular weight excluding hydrogens is 330 g/mol. The van der Waals surface area contributed by atoms with Gasteiger partial charge in [0.1, 0.15) is 0 Å². The highest BCUT2D eigenvalue weighted by atomic mass is 16.5. The number of amides is 1. The molecule has 4 unspecified atom stereocenters. The first kappa shape index (κ1) is 18.3. The molecule has 4 atom stereocenters. The van der Waals surface area contributed by atoms with Crippen LogP contribution in [-0.2, 0) is 4.79 Å². The summed E-state index contributed by atoms with van der Waals surface area (Å²) < 4.78 is 5.04. The zero-order valence-corrected chi connectivity index (χ0v) is 15.3. The average molecular weight is 355 g/mol. The maximum atomic E-state index is 13.0. The Hall–Kier alpha value is -2.47. The van der Waals surface area contributed by atoms with Crippen molar-refractivity contribution in [1.82, 2.24) is 9.97 Å². The molecule has 0 aliphatic heterocycles. The molecule has 0 bridgehead atoms. The summed E-state index contributed by atoms with van der Waals surface area (Å²) >= 11 is 0. The standard InChI is InChI=1S/C20H25N3O3/c1-12-4-8-16(14-6-5-13(2)21-10-14)18(19(12)24)20(25)23-15-7-9-17(26-3)22-11-15/h5-7,9-12,16,18-19,24H,4,8H2,1-3H3,(H,23,25). The van der Waals surface area contributed by atoms with Crippen molar-refractivity contribution in [3.05, 3.63) is 47.9 Å². The van der Waals surface area contributed by atoms with E-state index in [1.807, 2.05) is 32.2 Å². The number of hydrogen-bond acceptors (Lipinski definition) is 5. The largest absolute Gasteiger partial charge is 0.481 e. The lowest BCUT2D eigenvalue weighted by Gasteiger charge is -2.38. The molecule has 0 spiro atoms. The average Bonchev–Trinajstić information content (AvgIpc) is 2.65. The summed E-state index contributed by atoms with van der Waals surface area (Å²) in [7, 11) is 1.54. The van der Waals surface area contributed by atoms with E-state index in [1.54, 1.807) is 25.4 Å². The fraction of sp³-hybridized carbons (Fsp3) is 0.450. The fourth-order valence-corrected chi connectivity index (χ4v) is 3.60. The van der Waals surface area contributed by atoms with Gasteiger partial charge in [0.15, 0.2) is 0 Å². The number of carbonyl (C=O) groups is 1. The summed E-state index contributed by atoms with van der Waals surface area (Å²) in [6, 6.07) is 7.38. The highest BCUT2D eigenvalue weighted by molar-refractivity contribution is 5.93. The first-order valence-electron chi connectivity index (χ1n) is 8.91. The van der Waals surface area contributed by atoms with Gasteiger partial charge in [0.05, 0.1) is 31.0 Å². The minimum Gasteiger partial charge on any atom is -0.481 e. The van der Waals surface area contributed by atoms with Crippen molar-refractivity contribution in [2.24, 2.45) is 11.8 Å². The van der Waals surface area contributed by atoms with E-state index in [2.05, 4.69) is 15.3 Å². The Bertz CT molecular complexity index is 746. The fourth-order valence-electron chi connectivity index (χ4n) is 3.60. The van der Waals surface area contributed by atoms with E-state index < -0.39 is 12.0 Å². The molecule has 1 fully saturated rings. The zero-order chi connectivity index (χ0) is 18.7. The smallest absolute Gasteiger partial charge is 0.230 e. The van der Waals surface area contributed by atoms with Crippen LogP contribution in [0.5, 0.6) is 5.88 Å². The molecule has 2 aromatic rings. The van der Waals surface area contributed by atoms with Crippen LogP contribution in [0, 0.1) is 18.8 Å². The third-order valence-corrected chi connectivity index (χ3v) is 5.20. The summed E-state index contributed by atoms with van der Waals surface area (Å²) in [5.41, 5.74) is 2.51. The summed E-state index contributed by atoms with van der Waals surface area (Å²) in [4.78, 5) is 21.4. The number of aryl methyl sites for hydroxylation is 1. The van der Waals surface area contributed by atoms with Gasteiger partial charge < -0.3 is 15.2 Å². The molecule has 3 rings (SSSR count). The van der Waals surface area contributed by atoms with E-state index in [4.69, 9.17) is 4.74 Å². The number of aromatic nitrogens is 2. The number of methoxy groups -OCH3 is 1. The van der Waals surface area contributed by atoms with E-state index in [-0.39, 0.29) is 17.7 Å². The van der Waals surface area contributed by atoms with Crippen molar-refractivity contribution in [3.8, 4) is 5.88 Å². The number of hydrogen-bond donors (Lipinski definition) is 2. The second-order valence-corrected chi connectivity index (χ2v) is 6.99. The lowest BCUT2D eigenvalue weighted by Crippen LogP contribution is -2.44. The maximum Gasteiger partial charge on any atom is 0.230 e. The van der Waals surface area contributed by atoms with E-state index in [9.17, 15) is 9.90 Å². The van der Waals surface area contributed by atoms with Crippen LogP contribution in [0.2, 0.25) is 0 Å². The van der Waals surface area contributed by atoms with Crippen molar-refractivity contribution in [3.63, 3.8) is 0 Å². The number of nitrogens with zero attached hydrogens (tertiary/aromatic N) is 2. The lowest BCUT2D eigenvalue weighted by atomic mass is 9.69. The van der Waals surface area contributed by atoms with Gasteiger partial charge in [-0.15, -0.1) is 0 Å². The number of pyridine rings is 2. The van der Waals surface area contributed by atoms with Gasteiger partial charge in [-0.1, -0.05) is 13.0 Å². The Morgan fingerprint density at radius 2 is 2.00 bits per heavy atom. The van der Waals surface area contributed by atoms with Crippen LogP contribution in [-0.4, -0.2) is 34.2 Å². The summed E-state index contributed by atoms with van der Waals surface area (Å²) in [5, 5.41) is 13.6. The van der Waals surface area contributed by atoms with E-state index >= 15 is 0 Å². The number of nitrogens with one attached hydrogen (secondary N) is 1. The number of ether oxygens (including phenoxy) is 1. The highest BCUT2D eigenvalue weighted by Gasteiger charge is 2.41. The highest BCUT2D eigenvalue weighted by Crippen LogP contribution is 2.41. The Morgan fingerprint density at radius 3 is 2.62 bits per heavy atom. The number of rotatable bonds is 4. The van der Waals surface area contributed by atoms with Gasteiger partial charge in [0.2, 0.25) is 11.8 Å². The molecule has 0 saturated heterocycles. The van der Waals surface area contributed by atoms with Crippen LogP contribution in [0.4, 0.5) is 5.69 Å². The molecule has 1 aliphatic carbocycles. The van der Waals surface area contributed by atoms with E-state index in [0.29, 0.717) is 11.6 Å². The molecule has 138 valence electrons. The lowest BCUT2D eigenvalue weighted by molar-refractivity contribution is -0.127.